The molecule has 0 atom stereocenters. The zero-order chi connectivity index (χ0) is 24.9. The zero-order valence-electron chi connectivity index (χ0n) is 19.9. The van der Waals surface area contributed by atoms with E-state index in [1.165, 1.54) is 42.5 Å². The van der Waals surface area contributed by atoms with Crippen LogP contribution in [0.3, 0.4) is 0 Å². The lowest BCUT2D eigenvalue weighted by atomic mass is 10.1. The number of rotatable bonds is 8. The van der Waals surface area contributed by atoms with E-state index >= 15 is 0 Å². The van der Waals surface area contributed by atoms with Crippen molar-refractivity contribution in [2.24, 2.45) is 13.0 Å². The van der Waals surface area contributed by atoms with Crippen LogP contribution in [0, 0.1) is 17.6 Å². The third-order valence-electron chi connectivity index (χ3n) is 5.46. The molecular weight excluding hydrogens is 448 g/mol. The fourth-order valence-corrected chi connectivity index (χ4v) is 3.92. The van der Waals surface area contributed by atoms with Gasteiger partial charge in [0.25, 0.3) is 5.91 Å². The minimum atomic E-state index is -0.466. The third kappa shape index (κ3) is 5.74. The molecule has 0 aliphatic heterocycles. The Morgan fingerprint density at radius 1 is 0.971 bits per heavy atom. The number of hydrogen-bond acceptors (Lipinski definition) is 3. The number of carbonyl (C=O) groups is 1. The molecule has 4 rings (SSSR count). The summed E-state index contributed by atoms with van der Waals surface area (Å²) < 4.78 is 35.1. The Labute approximate surface area is 203 Å². The predicted molar refractivity (Wildman–Crippen MR) is 131 cm³/mol. The van der Waals surface area contributed by atoms with Crippen molar-refractivity contribution in [1.82, 2.24) is 14.7 Å². The van der Waals surface area contributed by atoms with E-state index in [0.717, 1.165) is 5.56 Å². The van der Waals surface area contributed by atoms with Gasteiger partial charge in [-0.3, -0.25) is 4.79 Å². The zero-order valence-corrected chi connectivity index (χ0v) is 19.9. The molecule has 180 valence electrons. The SMILES string of the molecule is CC(C)CN(Cc1c(-c2ccccc2)nn(C)c1Oc1ccc(F)cc1)C(=O)c1cccc(F)c1. The molecule has 0 radical (unpaired) electrons. The van der Waals surface area contributed by atoms with Crippen molar-refractivity contribution in [1.29, 1.82) is 0 Å². The summed E-state index contributed by atoms with van der Waals surface area (Å²) in [6.45, 7) is 4.68. The lowest BCUT2D eigenvalue weighted by Crippen LogP contribution is -2.34. The van der Waals surface area contributed by atoms with E-state index in [9.17, 15) is 13.6 Å². The molecule has 1 aromatic heterocycles. The molecule has 4 aromatic rings. The first-order valence-electron chi connectivity index (χ1n) is 11.4. The van der Waals surface area contributed by atoms with Gasteiger partial charge in [-0.15, -0.1) is 0 Å². The number of aryl methyl sites for hydroxylation is 1. The second kappa shape index (κ2) is 10.5. The fourth-order valence-electron chi connectivity index (χ4n) is 3.92. The topological polar surface area (TPSA) is 47.4 Å². The number of amides is 1. The van der Waals surface area contributed by atoms with Gasteiger partial charge in [0.05, 0.1) is 12.1 Å². The summed E-state index contributed by atoms with van der Waals surface area (Å²) in [5, 5.41) is 4.69. The molecule has 0 aliphatic carbocycles. The van der Waals surface area contributed by atoms with Crippen LogP contribution in [0.2, 0.25) is 0 Å². The highest BCUT2D eigenvalue weighted by Crippen LogP contribution is 2.34. The standard InChI is InChI=1S/C28H27F2N3O2/c1-19(2)17-33(27(34)21-10-7-11-23(30)16-21)18-25-26(20-8-5-4-6-9-20)31-32(3)28(25)35-24-14-12-22(29)13-15-24/h4-16,19H,17-18H2,1-3H3. The largest absolute Gasteiger partial charge is 0.439 e. The number of carbonyl (C=O) groups excluding carboxylic acids is 1. The number of ether oxygens (including phenoxy) is 1. The van der Waals surface area contributed by atoms with Crippen molar-refractivity contribution in [3.8, 4) is 22.9 Å². The first kappa shape index (κ1) is 24.1. The van der Waals surface area contributed by atoms with Crippen LogP contribution >= 0.6 is 0 Å². The molecular formula is C28H27F2N3O2. The van der Waals surface area contributed by atoms with Gasteiger partial charge in [0, 0.05) is 24.7 Å². The lowest BCUT2D eigenvalue weighted by Gasteiger charge is -2.25. The van der Waals surface area contributed by atoms with Crippen LogP contribution in [-0.2, 0) is 13.6 Å². The summed E-state index contributed by atoms with van der Waals surface area (Å²) in [7, 11) is 1.76. The highest BCUT2D eigenvalue weighted by Gasteiger charge is 2.26. The molecule has 0 N–H and O–H groups in total. The van der Waals surface area contributed by atoms with E-state index in [2.05, 4.69) is 0 Å². The Hall–Kier alpha value is -4.00. The average molecular weight is 476 g/mol. The maximum Gasteiger partial charge on any atom is 0.254 e. The Bertz CT molecular complexity index is 1300. The lowest BCUT2D eigenvalue weighted by molar-refractivity contribution is 0.0721. The van der Waals surface area contributed by atoms with Crippen molar-refractivity contribution in [2.45, 2.75) is 20.4 Å². The molecule has 0 saturated carbocycles. The van der Waals surface area contributed by atoms with Crippen LogP contribution in [0.5, 0.6) is 11.6 Å². The molecule has 5 nitrogen and oxygen atoms in total. The van der Waals surface area contributed by atoms with Gasteiger partial charge in [-0.2, -0.15) is 5.10 Å². The van der Waals surface area contributed by atoms with Crippen LogP contribution in [0.4, 0.5) is 8.78 Å². The van der Waals surface area contributed by atoms with Gasteiger partial charge in [0.1, 0.15) is 23.1 Å². The average Bonchev–Trinajstić information content (AvgIpc) is 3.14. The van der Waals surface area contributed by atoms with Crippen LogP contribution in [0.15, 0.2) is 78.9 Å². The molecule has 1 heterocycles. The molecule has 0 spiro atoms. The molecule has 7 heteroatoms. The minimum Gasteiger partial charge on any atom is -0.439 e. The first-order valence-corrected chi connectivity index (χ1v) is 11.4. The molecule has 3 aromatic carbocycles. The number of hydrogen-bond donors (Lipinski definition) is 0. The quantitative estimate of drug-likeness (QED) is 0.294. The van der Waals surface area contributed by atoms with Crippen LogP contribution in [-0.4, -0.2) is 27.1 Å². The van der Waals surface area contributed by atoms with Gasteiger partial charge in [-0.25, -0.2) is 13.5 Å². The summed E-state index contributed by atoms with van der Waals surface area (Å²) in [5.41, 5.74) is 2.52. The van der Waals surface area contributed by atoms with Gasteiger partial charge in [-0.1, -0.05) is 50.2 Å². The molecule has 0 bridgehead atoms. The summed E-state index contributed by atoms with van der Waals surface area (Å²) in [4.78, 5) is 15.1. The Kier molecular flexibility index (Phi) is 7.25. The Balaban J connectivity index is 1.78. The monoisotopic (exact) mass is 475 g/mol. The molecule has 1 amide bonds. The second-order valence-electron chi connectivity index (χ2n) is 8.77. The third-order valence-corrected chi connectivity index (χ3v) is 5.46. The molecule has 0 aliphatic rings. The highest BCUT2D eigenvalue weighted by atomic mass is 19.1. The highest BCUT2D eigenvalue weighted by molar-refractivity contribution is 5.94. The van der Waals surface area contributed by atoms with E-state index in [1.54, 1.807) is 22.7 Å². The van der Waals surface area contributed by atoms with Crippen molar-refractivity contribution < 1.29 is 18.3 Å². The number of halogens is 2. The fraction of sp³-hybridized carbons (Fsp3) is 0.214. The van der Waals surface area contributed by atoms with E-state index < -0.39 is 5.82 Å². The van der Waals surface area contributed by atoms with Crippen LogP contribution in [0.1, 0.15) is 29.8 Å². The molecule has 35 heavy (non-hydrogen) atoms. The van der Waals surface area contributed by atoms with Gasteiger partial charge < -0.3 is 9.64 Å². The summed E-state index contributed by atoms with van der Waals surface area (Å²) in [5.74, 6) is -0.0543. The van der Waals surface area contributed by atoms with E-state index in [0.29, 0.717) is 29.4 Å². The van der Waals surface area contributed by atoms with Crippen molar-refractivity contribution in [3.05, 3.63) is 102 Å². The van der Waals surface area contributed by atoms with Crippen molar-refractivity contribution in [2.75, 3.05) is 6.54 Å². The summed E-state index contributed by atoms with van der Waals surface area (Å²) in [6.07, 6.45) is 0. The van der Waals surface area contributed by atoms with Crippen molar-refractivity contribution in [3.63, 3.8) is 0 Å². The molecule has 0 saturated heterocycles. The Morgan fingerprint density at radius 2 is 1.69 bits per heavy atom. The molecule has 0 fully saturated rings. The maximum absolute atomic E-state index is 13.9. The smallest absolute Gasteiger partial charge is 0.254 e. The van der Waals surface area contributed by atoms with Gasteiger partial charge in [-0.05, 0) is 48.4 Å². The maximum atomic E-state index is 13.9. The number of nitrogens with zero attached hydrogens (tertiary/aromatic N) is 3. The normalized spacial score (nSPS) is 11.0. The minimum absolute atomic E-state index is 0.172. The summed E-state index contributed by atoms with van der Waals surface area (Å²) >= 11 is 0. The van der Waals surface area contributed by atoms with Crippen LogP contribution in [0.25, 0.3) is 11.3 Å². The predicted octanol–water partition coefficient (Wildman–Crippen LogP) is 6.46. The number of aromatic nitrogens is 2. The van der Waals surface area contributed by atoms with Gasteiger partial charge in [0.15, 0.2) is 0 Å². The van der Waals surface area contributed by atoms with Gasteiger partial charge in [0.2, 0.25) is 5.88 Å². The second-order valence-corrected chi connectivity index (χ2v) is 8.77. The summed E-state index contributed by atoms with van der Waals surface area (Å²) in [6, 6.07) is 21.0. The van der Waals surface area contributed by atoms with E-state index in [-0.39, 0.29) is 29.8 Å². The van der Waals surface area contributed by atoms with Crippen molar-refractivity contribution >= 4 is 5.91 Å². The van der Waals surface area contributed by atoms with Crippen LogP contribution < -0.4 is 4.74 Å². The van der Waals surface area contributed by atoms with E-state index in [4.69, 9.17) is 9.84 Å². The first-order chi connectivity index (χ1) is 16.8. The Morgan fingerprint density at radius 3 is 2.34 bits per heavy atom. The number of benzene rings is 3. The molecule has 0 unspecified atom stereocenters. The van der Waals surface area contributed by atoms with E-state index in [1.807, 2.05) is 44.2 Å². The van der Waals surface area contributed by atoms with Gasteiger partial charge >= 0.3 is 0 Å².